The lowest BCUT2D eigenvalue weighted by Crippen LogP contribution is -2.60. The van der Waals surface area contributed by atoms with Crippen LogP contribution in [0.4, 0.5) is 26.3 Å². The summed E-state index contributed by atoms with van der Waals surface area (Å²) in [4.78, 5) is 0. The molecule has 0 aromatic rings. The van der Waals surface area contributed by atoms with Crippen LogP contribution >= 0.6 is 0 Å². The third-order valence-corrected chi connectivity index (χ3v) is 1.63. The Morgan fingerprint density at radius 3 is 1.60 bits per heavy atom. The molecule has 2 N–H and O–H groups in total. The summed E-state index contributed by atoms with van der Waals surface area (Å²) in [5, 5.41) is 8.31. The summed E-state index contributed by atoms with van der Waals surface area (Å²) in [6.45, 7) is -2.41. The summed E-state index contributed by atoms with van der Waals surface area (Å²) in [6, 6.07) is 0. The second-order valence-electron chi connectivity index (χ2n) is 2.34. The minimum absolute atomic E-state index is 2.41. The molecule has 0 aliphatic carbocycles. The Kier molecular flexibility index (Phi) is 4.12. The zero-order valence-corrected chi connectivity index (χ0v) is 7.41. The molecule has 15 heavy (non-hydrogen) atoms. The maximum absolute atomic E-state index is 11.8. The fraction of sp³-hybridized carbons (Fsp3) is 1.00. The fourth-order valence-corrected chi connectivity index (χ4v) is 0.731. The number of aliphatic hydroxyl groups is 1. The molecule has 1 unspecified atom stereocenters. The zero-order chi connectivity index (χ0) is 12.5. The molecule has 0 saturated carbocycles. The Balaban J connectivity index is 4.98. The largest absolute Gasteiger partial charge is 0.428 e. The van der Waals surface area contributed by atoms with Crippen LogP contribution in [-0.4, -0.2) is 38.4 Å². The van der Waals surface area contributed by atoms with Gasteiger partial charge in [0.1, 0.15) is 6.61 Å². The first kappa shape index (κ1) is 14.6. The van der Waals surface area contributed by atoms with Crippen molar-refractivity contribution in [1.82, 2.24) is 0 Å². The van der Waals surface area contributed by atoms with Gasteiger partial charge in [-0.05, 0) is 0 Å². The number of rotatable bonds is 3. The molecule has 0 bridgehead atoms. The van der Waals surface area contributed by atoms with Crippen LogP contribution in [-0.2, 0) is 15.5 Å². The van der Waals surface area contributed by atoms with Crippen LogP contribution in [0.5, 0.6) is 0 Å². The molecule has 0 rings (SSSR count). The lowest BCUT2D eigenvalue weighted by molar-refractivity contribution is -0.373. The molecular formula is C4H4F6O4S. The highest BCUT2D eigenvalue weighted by molar-refractivity contribution is 7.74. The molecule has 0 aromatic carbocycles. The maximum atomic E-state index is 11.8. The molecule has 0 radical (unpaired) electrons. The van der Waals surface area contributed by atoms with Gasteiger partial charge in [0.05, 0.1) is 0 Å². The average molecular weight is 262 g/mol. The van der Waals surface area contributed by atoms with Gasteiger partial charge in [-0.1, -0.05) is 0 Å². The molecule has 0 amide bonds. The van der Waals surface area contributed by atoms with Crippen LogP contribution < -0.4 is 0 Å². The monoisotopic (exact) mass is 262 g/mol. The number of alkyl halides is 6. The van der Waals surface area contributed by atoms with Crippen molar-refractivity contribution in [3.8, 4) is 0 Å². The van der Waals surface area contributed by atoms with Gasteiger partial charge in [-0.2, -0.15) is 30.6 Å². The number of hydrogen-bond donors (Lipinski definition) is 2. The van der Waals surface area contributed by atoms with Crippen molar-refractivity contribution in [2.24, 2.45) is 0 Å². The predicted octanol–water partition coefficient (Wildman–Crippen LogP) is 0.995. The second kappa shape index (κ2) is 4.23. The van der Waals surface area contributed by atoms with Crippen LogP contribution in [0.15, 0.2) is 0 Å². The molecule has 0 aliphatic rings. The fourth-order valence-electron chi connectivity index (χ4n) is 0.460. The lowest BCUT2D eigenvalue weighted by Gasteiger charge is -2.30. The molecule has 92 valence electrons. The molecule has 0 spiro atoms. The molecule has 1 atom stereocenters. The van der Waals surface area contributed by atoms with Crippen LogP contribution in [0.3, 0.4) is 0 Å². The molecular weight excluding hydrogens is 258 g/mol. The van der Waals surface area contributed by atoms with E-state index in [9.17, 15) is 30.6 Å². The van der Waals surface area contributed by atoms with E-state index in [-0.39, 0.29) is 0 Å². The Hall–Kier alpha value is -0.390. The van der Waals surface area contributed by atoms with Crippen LogP contribution in [0.2, 0.25) is 0 Å². The minimum Gasteiger partial charge on any atom is -0.372 e. The summed E-state index contributed by atoms with van der Waals surface area (Å²) < 4.78 is 91.7. The van der Waals surface area contributed by atoms with Crippen molar-refractivity contribution < 1.29 is 44.4 Å². The molecule has 0 aromatic heterocycles. The van der Waals surface area contributed by atoms with Crippen LogP contribution in [0, 0.1) is 0 Å². The first-order valence-electron chi connectivity index (χ1n) is 3.02. The average Bonchev–Trinajstić information content (AvgIpc) is 1.95. The topological polar surface area (TPSA) is 66.8 Å². The Morgan fingerprint density at radius 1 is 1.07 bits per heavy atom. The Bertz CT molecular complexity index is 232. The highest BCUT2D eigenvalue weighted by Gasteiger charge is 2.71. The van der Waals surface area contributed by atoms with Crippen molar-refractivity contribution in [2.75, 3.05) is 6.61 Å². The summed E-state index contributed by atoms with van der Waals surface area (Å²) in [6.07, 6.45) is -12.1. The second-order valence-corrected chi connectivity index (χ2v) is 3.01. The van der Waals surface area contributed by atoms with Gasteiger partial charge < -0.3 is 5.11 Å². The third-order valence-electron chi connectivity index (χ3n) is 1.31. The quantitative estimate of drug-likeness (QED) is 0.588. The molecule has 4 nitrogen and oxygen atoms in total. The third kappa shape index (κ3) is 3.29. The summed E-state index contributed by atoms with van der Waals surface area (Å²) >= 11 is -3.34. The molecule has 0 aliphatic heterocycles. The van der Waals surface area contributed by atoms with Crippen LogP contribution in [0.1, 0.15) is 0 Å². The van der Waals surface area contributed by atoms with E-state index in [4.69, 9.17) is 9.66 Å². The van der Waals surface area contributed by atoms with E-state index in [0.29, 0.717) is 0 Å². The van der Waals surface area contributed by atoms with Gasteiger partial charge >= 0.3 is 23.7 Å². The summed E-state index contributed by atoms with van der Waals surface area (Å²) in [5.74, 6) is 0. The van der Waals surface area contributed by atoms with E-state index in [2.05, 4.69) is 4.18 Å². The van der Waals surface area contributed by atoms with Crippen molar-refractivity contribution in [2.45, 2.75) is 18.0 Å². The number of halogens is 6. The highest BCUT2D eigenvalue weighted by Crippen LogP contribution is 2.43. The molecule has 0 saturated heterocycles. The van der Waals surface area contributed by atoms with Crippen molar-refractivity contribution >= 4 is 11.4 Å². The molecule has 0 heterocycles. The van der Waals surface area contributed by atoms with E-state index in [0.717, 1.165) is 0 Å². The summed E-state index contributed by atoms with van der Waals surface area (Å²) in [7, 11) is 0. The van der Waals surface area contributed by atoms with Gasteiger partial charge in [0.2, 0.25) is 0 Å². The van der Waals surface area contributed by atoms with E-state index in [1.165, 1.54) is 0 Å². The SMILES string of the molecule is O=S(O)OCC(O)(C(F)(F)F)C(F)(F)F. The van der Waals surface area contributed by atoms with E-state index in [1.807, 2.05) is 0 Å². The summed E-state index contributed by atoms with van der Waals surface area (Å²) in [5.41, 5.74) is -5.17. The van der Waals surface area contributed by atoms with Gasteiger partial charge in [-0.25, -0.2) is 0 Å². The number of hydrogen-bond acceptors (Lipinski definition) is 3. The first-order chi connectivity index (χ1) is 6.42. The van der Waals surface area contributed by atoms with Crippen molar-refractivity contribution in [3.05, 3.63) is 0 Å². The van der Waals surface area contributed by atoms with Crippen molar-refractivity contribution in [3.63, 3.8) is 0 Å². The minimum atomic E-state index is -6.06. The van der Waals surface area contributed by atoms with Gasteiger partial charge in [0.15, 0.2) is 0 Å². The maximum Gasteiger partial charge on any atom is 0.428 e. The first-order valence-corrected chi connectivity index (χ1v) is 4.05. The zero-order valence-electron chi connectivity index (χ0n) is 6.59. The van der Waals surface area contributed by atoms with Gasteiger partial charge in [-0.3, -0.25) is 8.74 Å². The lowest BCUT2D eigenvalue weighted by atomic mass is 10.1. The van der Waals surface area contributed by atoms with E-state index in [1.54, 1.807) is 0 Å². The normalized spacial score (nSPS) is 16.5. The molecule has 11 heteroatoms. The standard InChI is InChI=1S/C4H4F6O4S/c5-3(6,7)2(11,4(8,9)10)1-14-15(12)13/h11H,1H2,(H,12,13). The van der Waals surface area contributed by atoms with Gasteiger partial charge in [-0.15, -0.1) is 0 Å². The smallest absolute Gasteiger partial charge is 0.372 e. The van der Waals surface area contributed by atoms with Gasteiger partial charge in [0, 0.05) is 0 Å². The Labute approximate surface area is 81.3 Å². The Morgan fingerprint density at radius 2 is 1.40 bits per heavy atom. The predicted molar refractivity (Wildman–Crippen MR) is 33.8 cm³/mol. The van der Waals surface area contributed by atoms with Gasteiger partial charge in [0.25, 0.3) is 5.60 Å². The van der Waals surface area contributed by atoms with Crippen LogP contribution in [0.25, 0.3) is 0 Å². The van der Waals surface area contributed by atoms with E-state index < -0.39 is 35.9 Å². The molecule has 0 fully saturated rings. The van der Waals surface area contributed by atoms with E-state index >= 15 is 0 Å². The van der Waals surface area contributed by atoms with Crippen molar-refractivity contribution in [1.29, 1.82) is 0 Å². The highest BCUT2D eigenvalue weighted by atomic mass is 32.2.